The first-order valence-electron chi connectivity index (χ1n) is 5.23. The van der Waals surface area contributed by atoms with E-state index in [0.29, 0.717) is 0 Å². The van der Waals surface area contributed by atoms with Gasteiger partial charge in [-0.3, -0.25) is 5.10 Å². The average Bonchev–Trinajstić information content (AvgIpc) is 2.91. The summed E-state index contributed by atoms with van der Waals surface area (Å²) in [5.74, 6) is 1.48. The van der Waals surface area contributed by atoms with Crippen LogP contribution in [-0.2, 0) is 0 Å². The molecule has 0 fully saturated rings. The Kier molecular flexibility index (Phi) is 3.30. The summed E-state index contributed by atoms with van der Waals surface area (Å²) in [5.41, 5.74) is 7.84. The summed E-state index contributed by atoms with van der Waals surface area (Å²) in [6.07, 6.45) is 1.67. The minimum absolute atomic E-state index is 0.317. The molecule has 1 heterocycles. The van der Waals surface area contributed by atoms with Crippen LogP contribution in [0.1, 0.15) is 17.3 Å². The number of nitrogens with two attached hydrogens (primary N) is 1. The van der Waals surface area contributed by atoms with Crippen LogP contribution in [-0.4, -0.2) is 24.4 Å². The van der Waals surface area contributed by atoms with Gasteiger partial charge in [0.05, 0.1) is 26.0 Å². The number of H-pyrrole nitrogens is 1. The number of hydrogen-bond donors (Lipinski definition) is 2. The third kappa shape index (κ3) is 2.24. The molecule has 0 spiro atoms. The summed E-state index contributed by atoms with van der Waals surface area (Å²) in [6.45, 7) is 0. The molecule has 3 N–H and O–H groups in total. The monoisotopic (exact) mass is 233 g/mol. The zero-order valence-corrected chi connectivity index (χ0v) is 9.81. The van der Waals surface area contributed by atoms with Crippen LogP contribution < -0.4 is 15.2 Å². The molecular formula is C12H15N3O2. The first-order chi connectivity index (χ1) is 8.26. The highest BCUT2D eigenvalue weighted by Gasteiger charge is 2.16. The van der Waals surface area contributed by atoms with Crippen LogP contribution in [0.15, 0.2) is 30.5 Å². The van der Waals surface area contributed by atoms with E-state index in [-0.39, 0.29) is 6.04 Å². The van der Waals surface area contributed by atoms with E-state index in [2.05, 4.69) is 10.2 Å². The average molecular weight is 233 g/mol. The molecule has 0 saturated heterocycles. The summed E-state index contributed by atoms with van der Waals surface area (Å²) in [4.78, 5) is 0. The summed E-state index contributed by atoms with van der Waals surface area (Å²) in [6, 6.07) is 7.06. The van der Waals surface area contributed by atoms with Crippen LogP contribution in [0.2, 0.25) is 0 Å². The Morgan fingerprint density at radius 2 is 2.06 bits per heavy atom. The fraction of sp³-hybridized carbons (Fsp3) is 0.250. The predicted molar refractivity (Wildman–Crippen MR) is 64.2 cm³/mol. The summed E-state index contributed by atoms with van der Waals surface area (Å²) in [5, 5.41) is 6.74. The minimum atomic E-state index is -0.317. The second kappa shape index (κ2) is 4.88. The molecule has 1 aromatic carbocycles. The molecule has 5 heteroatoms. The lowest BCUT2D eigenvalue weighted by Crippen LogP contribution is -2.13. The van der Waals surface area contributed by atoms with E-state index in [1.807, 2.05) is 24.3 Å². The number of aromatic amines is 1. The molecule has 0 saturated carbocycles. The van der Waals surface area contributed by atoms with Gasteiger partial charge in [-0.1, -0.05) is 0 Å². The Morgan fingerprint density at radius 1 is 1.24 bits per heavy atom. The molecule has 0 aliphatic heterocycles. The van der Waals surface area contributed by atoms with Crippen molar-refractivity contribution in [2.45, 2.75) is 6.04 Å². The summed E-state index contributed by atoms with van der Waals surface area (Å²) in [7, 11) is 3.23. The third-order valence-electron chi connectivity index (χ3n) is 2.63. The number of hydrogen-bond acceptors (Lipinski definition) is 4. The lowest BCUT2D eigenvalue weighted by Gasteiger charge is -2.15. The van der Waals surface area contributed by atoms with Crippen LogP contribution in [0.5, 0.6) is 11.5 Å². The van der Waals surface area contributed by atoms with Gasteiger partial charge in [-0.15, -0.1) is 0 Å². The van der Waals surface area contributed by atoms with Crippen LogP contribution in [0.25, 0.3) is 0 Å². The molecule has 0 aliphatic carbocycles. The Hall–Kier alpha value is -2.01. The zero-order valence-electron chi connectivity index (χ0n) is 9.81. The lowest BCUT2D eigenvalue weighted by molar-refractivity contribution is 0.397. The molecule has 0 radical (unpaired) electrons. The highest BCUT2D eigenvalue weighted by Crippen LogP contribution is 2.30. The second-order valence-corrected chi connectivity index (χ2v) is 3.60. The summed E-state index contributed by atoms with van der Waals surface area (Å²) < 4.78 is 10.5. The Balaban J connectivity index is 2.41. The molecule has 0 aliphatic rings. The molecular weight excluding hydrogens is 218 g/mol. The normalized spacial score (nSPS) is 12.2. The molecule has 90 valence electrons. The van der Waals surface area contributed by atoms with E-state index in [9.17, 15) is 0 Å². The van der Waals surface area contributed by atoms with Gasteiger partial charge in [-0.2, -0.15) is 5.10 Å². The van der Waals surface area contributed by atoms with Crippen molar-refractivity contribution in [1.29, 1.82) is 0 Å². The van der Waals surface area contributed by atoms with Crippen molar-refractivity contribution >= 4 is 0 Å². The molecule has 1 atom stereocenters. The van der Waals surface area contributed by atoms with Gasteiger partial charge in [0.2, 0.25) is 0 Å². The van der Waals surface area contributed by atoms with E-state index in [1.165, 1.54) is 0 Å². The Labute approximate surface area is 99.5 Å². The van der Waals surface area contributed by atoms with E-state index < -0.39 is 0 Å². The quantitative estimate of drug-likeness (QED) is 0.838. The highest BCUT2D eigenvalue weighted by atomic mass is 16.5. The van der Waals surface area contributed by atoms with Gasteiger partial charge in [-0.05, 0) is 24.3 Å². The maximum Gasteiger partial charge on any atom is 0.124 e. The number of aromatic nitrogens is 2. The molecule has 2 rings (SSSR count). The van der Waals surface area contributed by atoms with Crippen molar-refractivity contribution in [2.75, 3.05) is 14.2 Å². The summed E-state index contributed by atoms with van der Waals surface area (Å²) >= 11 is 0. The SMILES string of the molecule is COc1ccc(OC)c(C(N)c2ccn[nH]2)c1. The van der Waals surface area contributed by atoms with Gasteiger partial charge in [-0.25, -0.2) is 0 Å². The van der Waals surface area contributed by atoms with Crippen molar-refractivity contribution in [2.24, 2.45) is 5.73 Å². The van der Waals surface area contributed by atoms with Crippen molar-refractivity contribution in [3.05, 3.63) is 41.7 Å². The number of nitrogens with one attached hydrogen (secondary N) is 1. The van der Waals surface area contributed by atoms with Gasteiger partial charge in [0.25, 0.3) is 0 Å². The Bertz CT molecular complexity index is 483. The number of nitrogens with zero attached hydrogens (tertiary/aromatic N) is 1. The van der Waals surface area contributed by atoms with Crippen molar-refractivity contribution < 1.29 is 9.47 Å². The lowest BCUT2D eigenvalue weighted by atomic mass is 10.0. The van der Waals surface area contributed by atoms with Crippen LogP contribution in [0.4, 0.5) is 0 Å². The number of methoxy groups -OCH3 is 2. The largest absolute Gasteiger partial charge is 0.497 e. The van der Waals surface area contributed by atoms with Crippen LogP contribution >= 0.6 is 0 Å². The maximum absolute atomic E-state index is 6.15. The molecule has 0 amide bonds. The molecule has 5 nitrogen and oxygen atoms in total. The topological polar surface area (TPSA) is 73.2 Å². The van der Waals surface area contributed by atoms with Crippen molar-refractivity contribution in [3.63, 3.8) is 0 Å². The number of ether oxygens (including phenoxy) is 2. The molecule has 2 aromatic rings. The van der Waals surface area contributed by atoms with Gasteiger partial charge >= 0.3 is 0 Å². The predicted octanol–water partition coefficient (Wildman–Crippen LogP) is 1.48. The van der Waals surface area contributed by atoms with E-state index in [0.717, 1.165) is 22.8 Å². The standard InChI is InChI=1S/C12H15N3O2/c1-16-8-3-4-11(17-2)9(7-8)12(13)10-5-6-14-15-10/h3-7,12H,13H2,1-2H3,(H,14,15). The fourth-order valence-electron chi connectivity index (χ4n) is 1.69. The number of rotatable bonds is 4. The van der Waals surface area contributed by atoms with Crippen molar-refractivity contribution in [1.82, 2.24) is 10.2 Å². The molecule has 0 bridgehead atoms. The van der Waals surface area contributed by atoms with Crippen molar-refractivity contribution in [3.8, 4) is 11.5 Å². The van der Waals surface area contributed by atoms with E-state index in [1.54, 1.807) is 20.4 Å². The highest BCUT2D eigenvalue weighted by molar-refractivity contribution is 5.44. The van der Waals surface area contributed by atoms with E-state index in [4.69, 9.17) is 15.2 Å². The zero-order chi connectivity index (χ0) is 12.3. The number of benzene rings is 1. The maximum atomic E-state index is 6.15. The van der Waals surface area contributed by atoms with Crippen LogP contribution in [0.3, 0.4) is 0 Å². The van der Waals surface area contributed by atoms with Gasteiger partial charge in [0, 0.05) is 11.8 Å². The fourth-order valence-corrected chi connectivity index (χ4v) is 1.69. The second-order valence-electron chi connectivity index (χ2n) is 3.60. The smallest absolute Gasteiger partial charge is 0.124 e. The van der Waals surface area contributed by atoms with E-state index >= 15 is 0 Å². The molecule has 17 heavy (non-hydrogen) atoms. The third-order valence-corrected chi connectivity index (χ3v) is 2.63. The first kappa shape index (κ1) is 11.5. The molecule has 1 aromatic heterocycles. The van der Waals surface area contributed by atoms with Gasteiger partial charge in [0.1, 0.15) is 11.5 Å². The van der Waals surface area contributed by atoms with Gasteiger partial charge < -0.3 is 15.2 Å². The first-order valence-corrected chi connectivity index (χ1v) is 5.23. The van der Waals surface area contributed by atoms with Gasteiger partial charge in [0.15, 0.2) is 0 Å². The minimum Gasteiger partial charge on any atom is -0.497 e. The van der Waals surface area contributed by atoms with Crippen LogP contribution in [0, 0.1) is 0 Å². The molecule has 1 unspecified atom stereocenters. The Morgan fingerprint density at radius 3 is 2.65 bits per heavy atom.